The van der Waals surface area contributed by atoms with E-state index in [0.29, 0.717) is 18.7 Å². The van der Waals surface area contributed by atoms with Gasteiger partial charge >= 0.3 is 5.97 Å². The molecule has 0 radical (unpaired) electrons. The molecule has 0 heterocycles. The van der Waals surface area contributed by atoms with Gasteiger partial charge in [-0.05, 0) is 37.3 Å². The maximum absolute atomic E-state index is 13.3. The number of aromatic carboxylic acids is 1. The van der Waals surface area contributed by atoms with E-state index >= 15 is 0 Å². The average Bonchev–Trinajstić information content (AvgIpc) is 2.39. The third-order valence-electron chi connectivity index (χ3n) is 3.74. The molecule has 6 heteroatoms. The molecule has 5 nitrogen and oxygen atoms in total. The summed E-state index contributed by atoms with van der Waals surface area (Å²) in [6.45, 7) is 0.544. The van der Waals surface area contributed by atoms with Crippen LogP contribution in [0.5, 0.6) is 0 Å². The second kappa shape index (κ2) is 6.09. The first-order chi connectivity index (χ1) is 9.49. The van der Waals surface area contributed by atoms with Crippen LogP contribution in [0, 0.1) is 11.7 Å². The molecule has 2 rings (SSSR count). The van der Waals surface area contributed by atoms with Crippen molar-refractivity contribution in [3.8, 4) is 0 Å². The van der Waals surface area contributed by atoms with E-state index < -0.39 is 11.8 Å². The van der Waals surface area contributed by atoms with Crippen LogP contribution in [0.2, 0.25) is 0 Å². The van der Waals surface area contributed by atoms with Crippen LogP contribution in [-0.4, -0.2) is 28.8 Å². The molecule has 0 aromatic heterocycles. The zero-order chi connectivity index (χ0) is 14.7. The average molecular weight is 282 g/mol. The number of aliphatic hydroxyl groups excluding tert-OH is 1. The van der Waals surface area contributed by atoms with E-state index in [9.17, 15) is 14.3 Å². The molecule has 1 fully saturated rings. The summed E-state index contributed by atoms with van der Waals surface area (Å²) in [6.07, 6.45) is 3.19. The molecule has 0 spiro atoms. The number of nitrogen functional groups attached to an aromatic ring is 1. The Bertz CT molecular complexity index is 507. The van der Waals surface area contributed by atoms with Crippen molar-refractivity contribution in [3.05, 3.63) is 23.5 Å². The Labute approximate surface area is 116 Å². The number of rotatable bonds is 4. The van der Waals surface area contributed by atoms with Gasteiger partial charge in [-0.1, -0.05) is 6.42 Å². The van der Waals surface area contributed by atoms with Gasteiger partial charge in [-0.15, -0.1) is 0 Å². The van der Waals surface area contributed by atoms with Gasteiger partial charge < -0.3 is 21.3 Å². The number of nitrogens with two attached hydrogens (primary N) is 1. The van der Waals surface area contributed by atoms with Crippen LogP contribution in [0.4, 0.5) is 15.8 Å². The molecule has 0 saturated heterocycles. The molecule has 1 aliphatic rings. The summed E-state index contributed by atoms with van der Waals surface area (Å²) >= 11 is 0. The lowest BCUT2D eigenvalue weighted by Crippen LogP contribution is -2.25. The van der Waals surface area contributed by atoms with Crippen molar-refractivity contribution in [3.63, 3.8) is 0 Å². The Morgan fingerprint density at radius 2 is 2.20 bits per heavy atom. The maximum Gasteiger partial charge on any atom is 0.340 e. The number of carbonyl (C=O) groups is 1. The van der Waals surface area contributed by atoms with Crippen molar-refractivity contribution in [2.45, 2.75) is 31.8 Å². The number of anilines is 2. The summed E-state index contributed by atoms with van der Waals surface area (Å²) in [5, 5.41) is 21.7. The van der Waals surface area contributed by atoms with Crippen molar-refractivity contribution in [2.24, 2.45) is 5.92 Å². The van der Waals surface area contributed by atoms with Crippen LogP contribution >= 0.6 is 0 Å². The van der Waals surface area contributed by atoms with Gasteiger partial charge in [0.05, 0.1) is 17.5 Å². The normalized spacial score (nSPS) is 22.5. The molecule has 5 N–H and O–H groups in total. The molecule has 0 bridgehead atoms. The Kier molecular flexibility index (Phi) is 4.44. The van der Waals surface area contributed by atoms with E-state index in [1.165, 1.54) is 6.07 Å². The minimum absolute atomic E-state index is 0.235. The van der Waals surface area contributed by atoms with E-state index in [2.05, 4.69) is 5.32 Å². The lowest BCUT2D eigenvalue weighted by atomic mass is 9.87. The van der Waals surface area contributed by atoms with E-state index in [0.717, 1.165) is 25.3 Å². The quantitative estimate of drug-likeness (QED) is 0.634. The molecule has 110 valence electrons. The van der Waals surface area contributed by atoms with Gasteiger partial charge in [0.2, 0.25) is 0 Å². The first kappa shape index (κ1) is 14.6. The summed E-state index contributed by atoms with van der Waals surface area (Å²) in [5.74, 6) is -1.71. The highest BCUT2D eigenvalue weighted by molar-refractivity contribution is 6.00. The fraction of sp³-hybridized carbons (Fsp3) is 0.500. The fourth-order valence-corrected chi connectivity index (χ4v) is 2.67. The van der Waals surface area contributed by atoms with Crippen molar-refractivity contribution in [1.29, 1.82) is 0 Å². The number of carboxylic acid groups (broad SMARTS) is 1. The summed E-state index contributed by atoms with van der Waals surface area (Å²) < 4.78 is 13.3. The highest BCUT2D eigenvalue weighted by Crippen LogP contribution is 2.28. The smallest absolute Gasteiger partial charge is 0.340 e. The van der Waals surface area contributed by atoms with Crippen LogP contribution in [0.3, 0.4) is 0 Å². The lowest BCUT2D eigenvalue weighted by molar-refractivity contribution is 0.0698. The highest BCUT2D eigenvalue weighted by Gasteiger charge is 2.22. The largest absolute Gasteiger partial charge is 0.478 e. The van der Waals surface area contributed by atoms with Crippen molar-refractivity contribution < 1.29 is 19.4 Å². The lowest BCUT2D eigenvalue weighted by Gasteiger charge is -2.26. The monoisotopic (exact) mass is 282 g/mol. The van der Waals surface area contributed by atoms with Crippen LogP contribution in [-0.2, 0) is 0 Å². The number of hydrogen-bond donors (Lipinski definition) is 4. The molecule has 2 atom stereocenters. The van der Waals surface area contributed by atoms with E-state index in [-0.39, 0.29) is 23.3 Å². The molecule has 1 aromatic rings. The SMILES string of the molecule is Nc1c(F)ccc(NCC2CCCC(O)C2)c1C(=O)O. The molecule has 0 aliphatic heterocycles. The van der Waals surface area contributed by atoms with Gasteiger partial charge in [0.25, 0.3) is 0 Å². The summed E-state index contributed by atoms with van der Waals surface area (Å²) in [4.78, 5) is 11.2. The zero-order valence-corrected chi connectivity index (χ0v) is 11.1. The Balaban J connectivity index is 2.09. The highest BCUT2D eigenvalue weighted by atomic mass is 19.1. The minimum atomic E-state index is -1.26. The van der Waals surface area contributed by atoms with Crippen molar-refractivity contribution in [1.82, 2.24) is 0 Å². The summed E-state index contributed by atoms with van der Waals surface area (Å²) in [5.41, 5.74) is 5.21. The first-order valence-electron chi connectivity index (χ1n) is 6.72. The standard InChI is InChI=1S/C14H19FN2O3/c15-10-4-5-11(12(13(10)16)14(19)20)17-7-8-2-1-3-9(18)6-8/h4-5,8-9,17-18H,1-3,6-7,16H2,(H,19,20). The number of carboxylic acids is 1. The van der Waals surface area contributed by atoms with Crippen LogP contribution in [0.25, 0.3) is 0 Å². The molecular formula is C14H19FN2O3. The third kappa shape index (κ3) is 3.19. The first-order valence-corrected chi connectivity index (χ1v) is 6.72. The van der Waals surface area contributed by atoms with Crippen molar-refractivity contribution in [2.75, 3.05) is 17.6 Å². The van der Waals surface area contributed by atoms with Crippen LogP contribution in [0.15, 0.2) is 12.1 Å². The predicted octanol–water partition coefficient (Wildman–Crippen LogP) is 2.07. The number of halogens is 1. The van der Waals surface area contributed by atoms with Crippen LogP contribution in [0.1, 0.15) is 36.0 Å². The number of aliphatic hydroxyl groups is 1. The van der Waals surface area contributed by atoms with Gasteiger partial charge in [0.1, 0.15) is 11.4 Å². The van der Waals surface area contributed by atoms with E-state index in [1.54, 1.807) is 0 Å². The van der Waals surface area contributed by atoms with Gasteiger partial charge in [0, 0.05) is 6.54 Å². The molecule has 1 aliphatic carbocycles. The number of benzene rings is 1. The topological polar surface area (TPSA) is 95.6 Å². The van der Waals surface area contributed by atoms with E-state index in [4.69, 9.17) is 10.8 Å². The minimum Gasteiger partial charge on any atom is -0.478 e. The van der Waals surface area contributed by atoms with Gasteiger partial charge in [-0.3, -0.25) is 0 Å². The van der Waals surface area contributed by atoms with Crippen LogP contribution < -0.4 is 11.1 Å². The predicted molar refractivity (Wildman–Crippen MR) is 74.2 cm³/mol. The van der Waals surface area contributed by atoms with Crippen molar-refractivity contribution >= 4 is 17.3 Å². The zero-order valence-electron chi connectivity index (χ0n) is 11.1. The van der Waals surface area contributed by atoms with Gasteiger partial charge in [0.15, 0.2) is 0 Å². The molecule has 1 aromatic carbocycles. The molecular weight excluding hydrogens is 263 g/mol. The maximum atomic E-state index is 13.3. The number of nitrogens with one attached hydrogen (secondary N) is 1. The summed E-state index contributed by atoms with van der Waals surface area (Å²) in [6, 6.07) is 2.54. The second-order valence-corrected chi connectivity index (χ2v) is 5.26. The van der Waals surface area contributed by atoms with Gasteiger partial charge in [-0.2, -0.15) is 0 Å². The fourth-order valence-electron chi connectivity index (χ4n) is 2.67. The van der Waals surface area contributed by atoms with Gasteiger partial charge in [-0.25, -0.2) is 9.18 Å². The molecule has 1 saturated carbocycles. The van der Waals surface area contributed by atoms with E-state index in [1.807, 2.05) is 0 Å². The Morgan fingerprint density at radius 1 is 1.45 bits per heavy atom. The molecule has 20 heavy (non-hydrogen) atoms. The Hall–Kier alpha value is -1.82. The molecule has 0 amide bonds. The molecule has 2 unspecified atom stereocenters. The number of hydrogen-bond acceptors (Lipinski definition) is 4. The Morgan fingerprint density at radius 3 is 2.85 bits per heavy atom. The summed E-state index contributed by atoms with van der Waals surface area (Å²) in [7, 11) is 0. The second-order valence-electron chi connectivity index (χ2n) is 5.26. The third-order valence-corrected chi connectivity index (χ3v) is 3.74.